The van der Waals surface area contributed by atoms with E-state index in [1.807, 2.05) is 20.8 Å². The van der Waals surface area contributed by atoms with Crippen LogP contribution < -0.4 is 4.74 Å². The van der Waals surface area contributed by atoms with E-state index in [-0.39, 0.29) is 12.2 Å². The zero-order chi connectivity index (χ0) is 17.0. The molecule has 2 heterocycles. The molecule has 1 aromatic rings. The Labute approximate surface area is 142 Å². The number of amides is 1. The molecule has 0 N–H and O–H groups in total. The number of ether oxygens (including phenoxy) is 2. The maximum Gasteiger partial charge on any atom is 0.410 e. The number of nitrogens with zero attached hydrogens (tertiary/aromatic N) is 3. The van der Waals surface area contributed by atoms with Crippen molar-refractivity contribution in [1.29, 1.82) is 0 Å². The van der Waals surface area contributed by atoms with Gasteiger partial charge < -0.3 is 14.4 Å². The maximum atomic E-state index is 12.2. The highest BCUT2D eigenvalue weighted by atomic mass is 35.5. The van der Waals surface area contributed by atoms with Gasteiger partial charge in [-0.25, -0.2) is 4.79 Å². The Morgan fingerprint density at radius 1 is 1.39 bits per heavy atom. The van der Waals surface area contributed by atoms with E-state index in [4.69, 9.17) is 21.1 Å². The summed E-state index contributed by atoms with van der Waals surface area (Å²) in [6.45, 7) is 8.97. The van der Waals surface area contributed by atoms with Gasteiger partial charge in [-0.05, 0) is 33.1 Å². The minimum Gasteiger partial charge on any atom is -0.473 e. The van der Waals surface area contributed by atoms with Crippen molar-refractivity contribution in [3.8, 4) is 5.88 Å². The SMILES string of the molecule is C[C@H]1C[C@H](Oc2cncc(Cl)n2)CCN(C(=O)OC(C)(C)C)C1. The van der Waals surface area contributed by atoms with E-state index in [0.717, 1.165) is 12.8 Å². The van der Waals surface area contributed by atoms with Crippen LogP contribution in [0.4, 0.5) is 4.79 Å². The maximum absolute atomic E-state index is 12.2. The summed E-state index contributed by atoms with van der Waals surface area (Å²) in [5.41, 5.74) is -0.487. The van der Waals surface area contributed by atoms with Gasteiger partial charge in [0, 0.05) is 19.5 Å². The molecule has 0 radical (unpaired) electrons. The first-order valence-electron chi connectivity index (χ1n) is 7.85. The molecule has 1 saturated heterocycles. The molecule has 1 aliphatic heterocycles. The number of hydrogen-bond donors (Lipinski definition) is 0. The number of carbonyl (C=O) groups is 1. The van der Waals surface area contributed by atoms with E-state index in [1.54, 1.807) is 11.1 Å². The topological polar surface area (TPSA) is 64.6 Å². The molecule has 0 aliphatic carbocycles. The molecule has 0 saturated carbocycles. The second kappa shape index (κ2) is 7.34. The second-order valence-corrected chi connectivity index (χ2v) is 7.36. The Bertz CT molecular complexity index is 548. The Hall–Kier alpha value is -1.56. The quantitative estimate of drug-likeness (QED) is 0.823. The van der Waals surface area contributed by atoms with Crippen molar-refractivity contribution in [1.82, 2.24) is 14.9 Å². The van der Waals surface area contributed by atoms with E-state index in [9.17, 15) is 4.79 Å². The summed E-state index contributed by atoms with van der Waals surface area (Å²) in [6.07, 6.45) is 4.28. The average Bonchev–Trinajstić information content (AvgIpc) is 2.58. The normalized spacial score (nSPS) is 22.4. The van der Waals surface area contributed by atoms with Crippen LogP contribution >= 0.6 is 11.6 Å². The third-order valence-corrected chi connectivity index (χ3v) is 3.62. The molecule has 128 valence electrons. The number of rotatable bonds is 2. The number of likely N-dealkylation sites (tertiary alicyclic amines) is 1. The largest absolute Gasteiger partial charge is 0.473 e. The van der Waals surface area contributed by atoms with Crippen LogP contribution in [0.5, 0.6) is 5.88 Å². The first-order valence-corrected chi connectivity index (χ1v) is 8.23. The molecule has 7 heteroatoms. The lowest BCUT2D eigenvalue weighted by molar-refractivity contribution is 0.0236. The lowest BCUT2D eigenvalue weighted by Gasteiger charge is -2.27. The monoisotopic (exact) mass is 341 g/mol. The Morgan fingerprint density at radius 2 is 2.13 bits per heavy atom. The van der Waals surface area contributed by atoms with Crippen molar-refractivity contribution in [2.45, 2.75) is 52.2 Å². The highest BCUT2D eigenvalue weighted by molar-refractivity contribution is 6.29. The van der Waals surface area contributed by atoms with Gasteiger partial charge in [0.25, 0.3) is 0 Å². The minimum atomic E-state index is -0.487. The average molecular weight is 342 g/mol. The first-order chi connectivity index (χ1) is 10.7. The van der Waals surface area contributed by atoms with Crippen LogP contribution in [-0.4, -0.2) is 45.8 Å². The predicted molar refractivity (Wildman–Crippen MR) is 87.7 cm³/mol. The molecule has 6 nitrogen and oxygen atoms in total. The molecular weight excluding hydrogens is 318 g/mol. The molecule has 2 rings (SSSR count). The van der Waals surface area contributed by atoms with Gasteiger partial charge in [0.2, 0.25) is 5.88 Å². The Balaban J connectivity index is 1.96. The highest BCUT2D eigenvalue weighted by Gasteiger charge is 2.29. The molecule has 0 bridgehead atoms. The first kappa shape index (κ1) is 17.8. The van der Waals surface area contributed by atoms with Gasteiger partial charge in [-0.2, -0.15) is 4.98 Å². The van der Waals surface area contributed by atoms with Crippen LogP contribution in [0.3, 0.4) is 0 Å². The lowest BCUT2D eigenvalue weighted by atomic mass is 10.0. The minimum absolute atomic E-state index is 0.0230. The number of aromatic nitrogens is 2. The fraction of sp³-hybridized carbons (Fsp3) is 0.688. The zero-order valence-electron chi connectivity index (χ0n) is 14.1. The molecular formula is C16H24ClN3O3. The third-order valence-electron chi connectivity index (χ3n) is 3.44. The lowest BCUT2D eigenvalue weighted by Crippen LogP contribution is -2.38. The smallest absolute Gasteiger partial charge is 0.410 e. The summed E-state index contributed by atoms with van der Waals surface area (Å²) in [5.74, 6) is 0.725. The number of carbonyl (C=O) groups excluding carboxylic acids is 1. The van der Waals surface area contributed by atoms with Gasteiger partial charge in [0.05, 0.1) is 12.4 Å². The molecule has 1 aromatic heterocycles. The number of halogens is 1. The van der Waals surface area contributed by atoms with Crippen molar-refractivity contribution >= 4 is 17.7 Å². The van der Waals surface area contributed by atoms with Crippen LogP contribution in [0, 0.1) is 5.92 Å². The molecule has 0 aromatic carbocycles. The van der Waals surface area contributed by atoms with Crippen LogP contribution in [0.25, 0.3) is 0 Å². The summed E-state index contributed by atoms with van der Waals surface area (Å²) >= 11 is 5.83. The van der Waals surface area contributed by atoms with Gasteiger partial charge >= 0.3 is 6.09 Å². The zero-order valence-corrected chi connectivity index (χ0v) is 14.8. The summed E-state index contributed by atoms with van der Waals surface area (Å²) < 4.78 is 11.3. The van der Waals surface area contributed by atoms with Crippen molar-refractivity contribution in [2.24, 2.45) is 5.92 Å². The molecule has 0 spiro atoms. The van der Waals surface area contributed by atoms with Gasteiger partial charge in [0.1, 0.15) is 11.7 Å². The summed E-state index contributed by atoms with van der Waals surface area (Å²) in [6, 6.07) is 0. The third kappa shape index (κ3) is 5.86. The second-order valence-electron chi connectivity index (χ2n) is 6.98. The summed E-state index contributed by atoms with van der Waals surface area (Å²) in [5, 5.41) is 0.305. The molecule has 23 heavy (non-hydrogen) atoms. The number of hydrogen-bond acceptors (Lipinski definition) is 5. The van der Waals surface area contributed by atoms with Crippen molar-refractivity contribution in [3.05, 3.63) is 17.5 Å². The molecule has 1 fully saturated rings. The summed E-state index contributed by atoms with van der Waals surface area (Å²) in [4.78, 5) is 22.1. The van der Waals surface area contributed by atoms with Crippen molar-refractivity contribution in [3.63, 3.8) is 0 Å². The van der Waals surface area contributed by atoms with E-state index < -0.39 is 5.60 Å². The van der Waals surface area contributed by atoms with Crippen LogP contribution in [0.2, 0.25) is 5.15 Å². The molecule has 0 unspecified atom stereocenters. The Kier molecular flexibility index (Phi) is 5.68. The predicted octanol–water partition coefficient (Wildman–Crippen LogP) is 3.54. The molecule has 1 aliphatic rings. The fourth-order valence-electron chi connectivity index (χ4n) is 2.56. The van der Waals surface area contributed by atoms with Crippen LogP contribution in [-0.2, 0) is 4.74 Å². The van der Waals surface area contributed by atoms with Crippen LogP contribution in [0.1, 0.15) is 40.5 Å². The van der Waals surface area contributed by atoms with Gasteiger partial charge in [0.15, 0.2) is 5.15 Å². The van der Waals surface area contributed by atoms with E-state index in [1.165, 1.54) is 6.20 Å². The van der Waals surface area contributed by atoms with Crippen molar-refractivity contribution in [2.75, 3.05) is 13.1 Å². The standard InChI is InChI=1S/C16H24ClN3O3/c1-11-7-12(22-14-9-18-8-13(17)19-14)5-6-20(10-11)15(21)23-16(2,3)4/h8-9,11-12H,5-7,10H2,1-4H3/t11-,12+/m0/s1. The molecule has 2 atom stereocenters. The summed E-state index contributed by atoms with van der Waals surface area (Å²) in [7, 11) is 0. The molecule has 1 amide bonds. The Morgan fingerprint density at radius 3 is 2.78 bits per heavy atom. The van der Waals surface area contributed by atoms with E-state index in [0.29, 0.717) is 30.0 Å². The fourth-order valence-corrected chi connectivity index (χ4v) is 2.70. The van der Waals surface area contributed by atoms with E-state index in [2.05, 4.69) is 16.9 Å². The van der Waals surface area contributed by atoms with Gasteiger partial charge in [-0.15, -0.1) is 0 Å². The van der Waals surface area contributed by atoms with Gasteiger partial charge in [-0.3, -0.25) is 4.98 Å². The van der Waals surface area contributed by atoms with Crippen molar-refractivity contribution < 1.29 is 14.3 Å². The van der Waals surface area contributed by atoms with E-state index >= 15 is 0 Å². The van der Waals surface area contributed by atoms with Crippen LogP contribution in [0.15, 0.2) is 12.4 Å². The highest BCUT2D eigenvalue weighted by Crippen LogP contribution is 2.22. The van der Waals surface area contributed by atoms with Gasteiger partial charge in [-0.1, -0.05) is 18.5 Å².